The number of hydrogen-bond donors (Lipinski definition) is 0. The molecule has 0 saturated heterocycles. The Hall–Kier alpha value is -1.31. The molecule has 0 aliphatic carbocycles. The third kappa shape index (κ3) is 2.08. The minimum absolute atomic E-state index is 0.510. The van der Waals surface area contributed by atoms with Crippen LogP contribution in [0.2, 0.25) is 0 Å². The molecular weight excluding hydrogens is 138 g/mol. The maximum Gasteiger partial charge on any atom is 0.142 e. The van der Waals surface area contributed by atoms with E-state index in [-0.39, 0.29) is 0 Å². The Morgan fingerprint density at radius 3 is 2.82 bits per heavy atom. The first kappa shape index (κ1) is 7.79. The number of aryl methyl sites for hydroxylation is 1. The normalized spacial score (nSPS) is 9.18. The third-order valence-electron chi connectivity index (χ3n) is 1.57. The molecule has 1 rings (SSSR count). The Bertz CT molecular complexity index is 245. The van der Waals surface area contributed by atoms with Crippen LogP contribution in [-0.2, 0) is 11.4 Å². The highest BCUT2D eigenvalue weighted by atomic mass is 16.6. The van der Waals surface area contributed by atoms with Crippen molar-refractivity contribution in [3.8, 4) is 0 Å². The molecule has 2 heteroatoms. The number of oxime groups is 1. The summed E-state index contributed by atoms with van der Waals surface area (Å²) in [5, 5.41) is 3.32. The largest absolute Gasteiger partial charge is 0.391 e. The minimum atomic E-state index is 0.510. The maximum absolute atomic E-state index is 4.81. The smallest absolute Gasteiger partial charge is 0.142 e. The molecule has 0 aliphatic rings. The summed E-state index contributed by atoms with van der Waals surface area (Å²) in [5.74, 6) is 0. The molecular formula is C9H11NO. The Morgan fingerprint density at radius 2 is 2.18 bits per heavy atom. The number of benzene rings is 1. The summed E-state index contributed by atoms with van der Waals surface area (Å²) in [6, 6.07) is 8.04. The van der Waals surface area contributed by atoms with Crippen LogP contribution in [0.15, 0.2) is 29.4 Å². The molecule has 0 amide bonds. The first-order valence-electron chi connectivity index (χ1n) is 3.47. The Kier molecular flexibility index (Phi) is 2.66. The molecule has 0 atom stereocenters. The van der Waals surface area contributed by atoms with E-state index < -0.39 is 0 Å². The predicted molar refractivity (Wildman–Crippen MR) is 45.5 cm³/mol. The van der Waals surface area contributed by atoms with Gasteiger partial charge in [-0.05, 0) is 18.1 Å². The van der Waals surface area contributed by atoms with Crippen molar-refractivity contribution in [1.29, 1.82) is 0 Å². The van der Waals surface area contributed by atoms with E-state index >= 15 is 0 Å². The van der Waals surface area contributed by atoms with E-state index in [0.29, 0.717) is 6.61 Å². The summed E-state index contributed by atoms with van der Waals surface area (Å²) in [6.07, 6.45) is 0. The van der Waals surface area contributed by atoms with Gasteiger partial charge in [0.25, 0.3) is 0 Å². The first-order valence-corrected chi connectivity index (χ1v) is 3.47. The zero-order chi connectivity index (χ0) is 8.10. The van der Waals surface area contributed by atoms with Crippen LogP contribution in [0.1, 0.15) is 11.1 Å². The lowest BCUT2D eigenvalue weighted by Gasteiger charge is -2.01. The van der Waals surface area contributed by atoms with Crippen LogP contribution in [0.25, 0.3) is 0 Å². The van der Waals surface area contributed by atoms with Crippen molar-refractivity contribution in [3.05, 3.63) is 35.4 Å². The average molecular weight is 149 g/mol. The van der Waals surface area contributed by atoms with Crippen molar-refractivity contribution in [2.45, 2.75) is 13.5 Å². The van der Waals surface area contributed by atoms with Crippen LogP contribution >= 0.6 is 0 Å². The number of nitrogens with zero attached hydrogens (tertiary/aromatic N) is 1. The zero-order valence-corrected chi connectivity index (χ0v) is 6.58. The molecule has 0 aromatic heterocycles. The summed E-state index contributed by atoms with van der Waals surface area (Å²) in [5.41, 5.74) is 2.37. The van der Waals surface area contributed by atoms with E-state index in [9.17, 15) is 0 Å². The highest BCUT2D eigenvalue weighted by Gasteiger charge is 1.94. The molecule has 0 N–H and O–H groups in total. The standard InChI is InChI=1S/C9H11NO/c1-8-5-3-4-6-9(8)7-11-10-2/h3-6H,2,7H2,1H3. The van der Waals surface area contributed by atoms with Gasteiger partial charge in [-0.1, -0.05) is 24.3 Å². The second kappa shape index (κ2) is 3.76. The average Bonchev–Trinajstić information content (AvgIpc) is 2.03. The molecule has 1 aromatic rings. The van der Waals surface area contributed by atoms with Crippen LogP contribution in [0.5, 0.6) is 0 Å². The zero-order valence-electron chi connectivity index (χ0n) is 6.58. The third-order valence-corrected chi connectivity index (χ3v) is 1.57. The van der Waals surface area contributed by atoms with Gasteiger partial charge in [0.1, 0.15) is 6.61 Å². The molecule has 0 unspecified atom stereocenters. The molecule has 0 fully saturated rings. The molecule has 58 valence electrons. The lowest BCUT2D eigenvalue weighted by molar-refractivity contribution is 0.133. The molecule has 0 aliphatic heterocycles. The van der Waals surface area contributed by atoms with Crippen LogP contribution < -0.4 is 0 Å². The van der Waals surface area contributed by atoms with Crippen molar-refractivity contribution in [2.24, 2.45) is 5.16 Å². The van der Waals surface area contributed by atoms with Gasteiger partial charge in [-0.2, -0.15) is 0 Å². The molecule has 0 radical (unpaired) electrons. The minimum Gasteiger partial charge on any atom is -0.391 e. The summed E-state index contributed by atoms with van der Waals surface area (Å²) >= 11 is 0. The van der Waals surface area contributed by atoms with Crippen molar-refractivity contribution >= 4 is 6.72 Å². The summed E-state index contributed by atoms with van der Waals surface area (Å²) in [7, 11) is 0. The van der Waals surface area contributed by atoms with Gasteiger partial charge >= 0.3 is 0 Å². The molecule has 0 bridgehead atoms. The van der Waals surface area contributed by atoms with E-state index in [4.69, 9.17) is 4.84 Å². The van der Waals surface area contributed by atoms with Crippen molar-refractivity contribution in [2.75, 3.05) is 0 Å². The van der Waals surface area contributed by atoms with Gasteiger partial charge in [-0.3, -0.25) is 0 Å². The summed E-state index contributed by atoms with van der Waals surface area (Å²) < 4.78 is 0. The quantitative estimate of drug-likeness (QED) is 0.476. The molecule has 0 heterocycles. The van der Waals surface area contributed by atoms with E-state index in [0.717, 1.165) is 5.56 Å². The van der Waals surface area contributed by atoms with E-state index in [1.165, 1.54) is 5.56 Å². The molecule has 2 nitrogen and oxygen atoms in total. The highest BCUT2D eigenvalue weighted by molar-refractivity contribution is 5.25. The molecule has 11 heavy (non-hydrogen) atoms. The Morgan fingerprint density at radius 1 is 1.45 bits per heavy atom. The number of rotatable bonds is 3. The lowest BCUT2D eigenvalue weighted by atomic mass is 10.1. The molecule has 0 spiro atoms. The van der Waals surface area contributed by atoms with Gasteiger partial charge in [0.15, 0.2) is 0 Å². The second-order valence-corrected chi connectivity index (χ2v) is 2.33. The van der Waals surface area contributed by atoms with Crippen molar-refractivity contribution in [1.82, 2.24) is 0 Å². The number of hydrogen-bond acceptors (Lipinski definition) is 2. The molecule has 0 saturated carbocycles. The van der Waals surface area contributed by atoms with Gasteiger partial charge in [0.05, 0.1) is 0 Å². The molecule has 1 aromatic carbocycles. The first-order chi connectivity index (χ1) is 5.34. The fourth-order valence-electron chi connectivity index (χ4n) is 0.887. The van der Waals surface area contributed by atoms with Gasteiger partial charge in [0.2, 0.25) is 0 Å². The van der Waals surface area contributed by atoms with E-state index in [1.807, 2.05) is 31.2 Å². The van der Waals surface area contributed by atoms with Gasteiger partial charge < -0.3 is 4.84 Å². The van der Waals surface area contributed by atoms with E-state index in [1.54, 1.807) is 0 Å². The Labute approximate surface area is 66.5 Å². The van der Waals surface area contributed by atoms with Crippen LogP contribution in [0, 0.1) is 6.92 Å². The van der Waals surface area contributed by atoms with Gasteiger partial charge in [-0.25, -0.2) is 0 Å². The maximum atomic E-state index is 4.81. The fourth-order valence-corrected chi connectivity index (χ4v) is 0.887. The predicted octanol–water partition coefficient (Wildman–Crippen LogP) is 2.13. The fraction of sp³-hybridized carbons (Fsp3) is 0.222. The SMILES string of the molecule is C=NOCc1ccccc1C. The monoisotopic (exact) mass is 149 g/mol. The van der Waals surface area contributed by atoms with Gasteiger partial charge in [-0.15, -0.1) is 5.16 Å². The van der Waals surface area contributed by atoms with E-state index in [2.05, 4.69) is 11.9 Å². The van der Waals surface area contributed by atoms with Crippen molar-refractivity contribution < 1.29 is 4.84 Å². The van der Waals surface area contributed by atoms with Crippen LogP contribution in [0.3, 0.4) is 0 Å². The van der Waals surface area contributed by atoms with Crippen LogP contribution in [-0.4, -0.2) is 6.72 Å². The van der Waals surface area contributed by atoms with Gasteiger partial charge in [0, 0.05) is 6.72 Å². The summed E-state index contributed by atoms with van der Waals surface area (Å²) in [6.45, 7) is 5.79. The highest BCUT2D eigenvalue weighted by Crippen LogP contribution is 2.07. The van der Waals surface area contributed by atoms with Crippen molar-refractivity contribution in [3.63, 3.8) is 0 Å². The second-order valence-electron chi connectivity index (χ2n) is 2.33. The Balaban J connectivity index is 2.69. The topological polar surface area (TPSA) is 21.6 Å². The van der Waals surface area contributed by atoms with Crippen LogP contribution in [0.4, 0.5) is 0 Å². The lowest BCUT2D eigenvalue weighted by Crippen LogP contribution is -1.89. The summed E-state index contributed by atoms with van der Waals surface area (Å²) in [4.78, 5) is 4.81.